The van der Waals surface area contributed by atoms with E-state index in [0.29, 0.717) is 29.6 Å². The van der Waals surface area contributed by atoms with Gasteiger partial charge in [0, 0.05) is 11.1 Å². The molecule has 5 rings (SSSR count). The van der Waals surface area contributed by atoms with Crippen molar-refractivity contribution < 1.29 is 17.9 Å². The first-order valence-electron chi connectivity index (χ1n) is 14.8. The Morgan fingerprint density at radius 1 is 0.800 bits per heavy atom. The van der Waals surface area contributed by atoms with Crippen LogP contribution in [0.25, 0.3) is 27.8 Å². The summed E-state index contributed by atoms with van der Waals surface area (Å²) >= 11 is 0. The number of hydrogen-bond acceptors (Lipinski definition) is 1. The summed E-state index contributed by atoms with van der Waals surface area (Å²) in [6.45, 7) is 6.32. The van der Waals surface area contributed by atoms with Crippen molar-refractivity contribution in [3.63, 3.8) is 0 Å². The Labute approximate surface area is 236 Å². The fraction of sp³-hybridized carbons (Fsp3) is 0.389. The van der Waals surface area contributed by atoms with Crippen LogP contribution in [0.2, 0.25) is 0 Å². The second kappa shape index (κ2) is 12.9. The van der Waals surface area contributed by atoms with Crippen LogP contribution in [0.3, 0.4) is 0 Å². The van der Waals surface area contributed by atoms with Crippen LogP contribution in [0.4, 0.5) is 13.2 Å². The normalized spacial score (nSPS) is 21.1. The predicted molar refractivity (Wildman–Crippen MR) is 159 cm³/mol. The van der Waals surface area contributed by atoms with Crippen LogP contribution in [-0.4, -0.2) is 6.61 Å². The van der Waals surface area contributed by atoms with E-state index in [2.05, 4.69) is 18.7 Å². The zero-order chi connectivity index (χ0) is 28.1. The summed E-state index contributed by atoms with van der Waals surface area (Å²) in [5.74, 6) is -0.0145. The van der Waals surface area contributed by atoms with Gasteiger partial charge in [-0.3, -0.25) is 0 Å². The molecule has 4 heteroatoms. The van der Waals surface area contributed by atoms with E-state index >= 15 is 4.39 Å². The van der Waals surface area contributed by atoms with E-state index in [1.165, 1.54) is 37.8 Å². The smallest absolute Gasteiger partial charge is 0.201 e. The number of unbranched alkanes of at least 4 members (excludes halogenated alkanes) is 1. The molecule has 0 saturated heterocycles. The first kappa shape index (κ1) is 28.3. The molecule has 1 nitrogen and oxygen atoms in total. The lowest BCUT2D eigenvalue weighted by Crippen LogP contribution is -2.22. The molecule has 210 valence electrons. The van der Waals surface area contributed by atoms with E-state index in [9.17, 15) is 8.78 Å². The van der Waals surface area contributed by atoms with Crippen molar-refractivity contribution >= 4 is 5.57 Å². The van der Waals surface area contributed by atoms with Crippen molar-refractivity contribution in [3.05, 3.63) is 96.3 Å². The van der Waals surface area contributed by atoms with Gasteiger partial charge in [0.2, 0.25) is 5.82 Å². The standard InChI is InChI=1S/C36H39F3O/c1-3-5-22-40-34-21-20-32(35(38)36(34)39)29-16-12-27(13-17-29)30-18-19-31(33(37)23-30)28-14-10-26(11-15-28)25-8-6-24(4-2)7-9-25/h4,12-14,16-21,23-26H,2-3,5-11,15,22H2,1H3. The number of allylic oxidation sites excluding steroid dienone is 3. The van der Waals surface area contributed by atoms with Crippen molar-refractivity contribution in [2.24, 2.45) is 17.8 Å². The summed E-state index contributed by atoms with van der Waals surface area (Å²) in [7, 11) is 0. The van der Waals surface area contributed by atoms with Gasteiger partial charge in [0.25, 0.3) is 0 Å². The topological polar surface area (TPSA) is 9.23 Å². The number of rotatable bonds is 9. The molecule has 1 unspecified atom stereocenters. The Balaban J connectivity index is 1.25. The maximum absolute atomic E-state index is 15.3. The molecule has 0 spiro atoms. The van der Waals surface area contributed by atoms with Gasteiger partial charge in [-0.1, -0.05) is 61.9 Å². The minimum Gasteiger partial charge on any atom is -0.490 e. The molecule has 0 amide bonds. The summed E-state index contributed by atoms with van der Waals surface area (Å²) in [4.78, 5) is 0. The van der Waals surface area contributed by atoms with Crippen molar-refractivity contribution in [2.45, 2.75) is 64.7 Å². The Morgan fingerprint density at radius 2 is 1.50 bits per heavy atom. The van der Waals surface area contributed by atoms with Crippen LogP contribution < -0.4 is 4.74 Å². The van der Waals surface area contributed by atoms with Gasteiger partial charge >= 0.3 is 0 Å². The lowest BCUT2D eigenvalue weighted by molar-refractivity contribution is 0.212. The second-order valence-corrected chi connectivity index (χ2v) is 11.4. The Morgan fingerprint density at radius 3 is 2.15 bits per heavy atom. The number of halogens is 3. The highest BCUT2D eigenvalue weighted by Gasteiger charge is 2.28. The zero-order valence-corrected chi connectivity index (χ0v) is 23.4. The maximum Gasteiger partial charge on any atom is 0.201 e. The highest BCUT2D eigenvalue weighted by atomic mass is 19.2. The predicted octanol–water partition coefficient (Wildman–Crippen LogP) is 10.8. The summed E-state index contributed by atoms with van der Waals surface area (Å²) in [5.41, 5.74) is 4.10. The molecule has 0 heterocycles. The molecule has 0 bridgehead atoms. The van der Waals surface area contributed by atoms with Crippen LogP contribution >= 0.6 is 0 Å². The zero-order valence-electron chi connectivity index (χ0n) is 23.4. The highest BCUT2D eigenvalue weighted by Crippen LogP contribution is 2.42. The van der Waals surface area contributed by atoms with E-state index < -0.39 is 11.6 Å². The number of ether oxygens (including phenoxy) is 1. The number of hydrogen-bond donors (Lipinski definition) is 0. The molecule has 0 aliphatic heterocycles. The van der Waals surface area contributed by atoms with E-state index in [1.807, 2.05) is 31.2 Å². The molecule has 0 radical (unpaired) electrons. The van der Waals surface area contributed by atoms with Crippen molar-refractivity contribution in [3.8, 4) is 28.0 Å². The quantitative estimate of drug-likeness (QED) is 0.192. The summed E-state index contributed by atoms with van der Waals surface area (Å²) in [6.07, 6.45) is 14.2. The fourth-order valence-electron chi connectivity index (χ4n) is 6.37. The van der Waals surface area contributed by atoms with Gasteiger partial charge < -0.3 is 4.74 Å². The summed E-state index contributed by atoms with van der Waals surface area (Å²) in [6, 6.07) is 15.5. The van der Waals surface area contributed by atoms with Crippen LogP contribution in [0.1, 0.15) is 70.3 Å². The molecule has 3 aromatic rings. The largest absolute Gasteiger partial charge is 0.490 e. The average molecular weight is 545 g/mol. The molecular weight excluding hydrogens is 505 g/mol. The third kappa shape index (κ3) is 6.22. The van der Waals surface area contributed by atoms with Gasteiger partial charge in [-0.15, -0.1) is 6.58 Å². The van der Waals surface area contributed by atoms with Crippen molar-refractivity contribution in [2.75, 3.05) is 6.61 Å². The van der Waals surface area contributed by atoms with E-state index in [4.69, 9.17) is 4.74 Å². The minimum atomic E-state index is -0.973. The molecule has 40 heavy (non-hydrogen) atoms. The molecule has 1 saturated carbocycles. The molecule has 2 aliphatic rings. The summed E-state index contributed by atoms with van der Waals surface area (Å²) < 4.78 is 50.0. The van der Waals surface area contributed by atoms with E-state index in [1.54, 1.807) is 18.2 Å². The molecule has 0 aromatic heterocycles. The third-order valence-electron chi connectivity index (χ3n) is 8.91. The highest BCUT2D eigenvalue weighted by molar-refractivity contribution is 5.74. The van der Waals surface area contributed by atoms with Crippen molar-refractivity contribution in [1.29, 1.82) is 0 Å². The molecule has 1 fully saturated rings. The SMILES string of the molecule is C=CC1CCC(C2CC=C(c3ccc(-c4ccc(-c5ccc(OCCCC)c(F)c5F)cc4)cc3F)CC2)CC1. The second-order valence-electron chi connectivity index (χ2n) is 11.4. The van der Waals surface area contributed by atoms with Gasteiger partial charge in [0.05, 0.1) is 6.61 Å². The number of benzene rings is 3. The van der Waals surface area contributed by atoms with Gasteiger partial charge in [-0.25, -0.2) is 8.78 Å². The molecule has 0 N–H and O–H groups in total. The van der Waals surface area contributed by atoms with Crippen molar-refractivity contribution in [1.82, 2.24) is 0 Å². The Hall–Kier alpha value is -3.27. The first-order valence-corrected chi connectivity index (χ1v) is 14.8. The van der Waals surface area contributed by atoms with Gasteiger partial charge in [0.1, 0.15) is 5.82 Å². The lowest BCUT2D eigenvalue weighted by Gasteiger charge is -2.34. The Bertz CT molecular complexity index is 1350. The lowest BCUT2D eigenvalue weighted by atomic mass is 9.71. The van der Waals surface area contributed by atoms with Gasteiger partial charge in [0.15, 0.2) is 11.6 Å². The molecule has 2 aliphatic carbocycles. The van der Waals surface area contributed by atoms with Crippen LogP contribution in [0.5, 0.6) is 5.75 Å². The van der Waals surface area contributed by atoms with Crippen LogP contribution in [0.15, 0.2) is 73.3 Å². The monoisotopic (exact) mass is 544 g/mol. The fourth-order valence-corrected chi connectivity index (χ4v) is 6.37. The van der Waals surface area contributed by atoms with Gasteiger partial charge in [-0.2, -0.15) is 4.39 Å². The van der Waals surface area contributed by atoms with E-state index in [-0.39, 0.29) is 17.1 Å². The van der Waals surface area contributed by atoms with E-state index in [0.717, 1.165) is 54.7 Å². The minimum absolute atomic E-state index is 0.0684. The maximum atomic E-state index is 15.3. The molecular formula is C36H39F3O. The average Bonchev–Trinajstić information content (AvgIpc) is 3.00. The third-order valence-corrected chi connectivity index (χ3v) is 8.91. The molecule has 1 atom stereocenters. The van der Waals surface area contributed by atoms with Crippen LogP contribution in [-0.2, 0) is 0 Å². The first-order chi connectivity index (χ1) is 19.5. The Kier molecular flexibility index (Phi) is 9.14. The molecule has 3 aromatic carbocycles. The van der Waals surface area contributed by atoms with Crippen LogP contribution in [0, 0.1) is 35.2 Å². The summed E-state index contributed by atoms with van der Waals surface area (Å²) in [5, 5.41) is 0. The van der Waals surface area contributed by atoms with Gasteiger partial charge in [-0.05, 0) is 110 Å².